The van der Waals surface area contributed by atoms with Crippen LogP contribution in [-0.2, 0) is 11.3 Å². The van der Waals surface area contributed by atoms with Crippen molar-refractivity contribution in [1.29, 1.82) is 0 Å². The van der Waals surface area contributed by atoms with Gasteiger partial charge in [-0.1, -0.05) is 12.1 Å². The number of rotatable bonds is 7. The molecule has 17 heavy (non-hydrogen) atoms. The van der Waals surface area contributed by atoms with Crippen molar-refractivity contribution in [2.45, 2.75) is 39.7 Å². The predicted molar refractivity (Wildman–Crippen MR) is 63.0 cm³/mol. The number of hydrogen-bond donors (Lipinski definition) is 2. The second-order valence-electron chi connectivity index (χ2n) is 4.23. The maximum Gasteiger partial charge on any atom is 0.246 e. The van der Waals surface area contributed by atoms with Crippen LogP contribution in [0.3, 0.4) is 0 Å². The lowest BCUT2D eigenvalue weighted by atomic mass is 10.0. The lowest BCUT2D eigenvalue weighted by Gasteiger charge is -2.08. The van der Waals surface area contributed by atoms with Crippen LogP contribution in [0.2, 0.25) is 0 Å². The second kappa shape index (κ2) is 7.01. The molecule has 1 aromatic heterocycles. The SMILES string of the molecule is Cc1noc(CNC(=O)CCC(C)CCN)n1. The molecule has 1 aromatic rings. The standard InChI is InChI=1S/C11H20N4O2/c1-8(5-6-12)3-4-10(16)13-7-11-14-9(2)15-17-11/h8H,3-7,12H2,1-2H3,(H,13,16). The molecule has 0 fully saturated rings. The lowest BCUT2D eigenvalue weighted by molar-refractivity contribution is -0.121. The fourth-order valence-electron chi connectivity index (χ4n) is 1.48. The first kappa shape index (κ1) is 13.6. The lowest BCUT2D eigenvalue weighted by Crippen LogP contribution is -2.23. The molecule has 3 N–H and O–H groups in total. The molecule has 0 radical (unpaired) electrons. The summed E-state index contributed by atoms with van der Waals surface area (Å²) in [6.45, 7) is 4.81. The zero-order chi connectivity index (χ0) is 12.7. The van der Waals surface area contributed by atoms with Crippen LogP contribution >= 0.6 is 0 Å². The molecule has 1 rings (SSSR count). The number of aryl methyl sites for hydroxylation is 1. The molecule has 0 spiro atoms. The highest BCUT2D eigenvalue weighted by molar-refractivity contribution is 5.75. The zero-order valence-electron chi connectivity index (χ0n) is 10.4. The Hall–Kier alpha value is -1.43. The van der Waals surface area contributed by atoms with Crippen LogP contribution in [0.5, 0.6) is 0 Å². The van der Waals surface area contributed by atoms with E-state index in [1.54, 1.807) is 6.92 Å². The third-order valence-electron chi connectivity index (χ3n) is 2.53. The molecule has 6 heteroatoms. The topological polar surface area (TPSA) is 94.0 Å². The molecule has 1 atom stereocenters. The maximum atomic E-state index is 11.5. The van der Waals surface area contributed by atoms with E-state index in [-0.39, 0.29) is 5.91 Å². The molecule has 1 amide bonds. The van der Waals surface area contributed by atoms with Crippen LogP contribution in [-0.4, -0.2) is 22.6 Å². The summed E-state index contributed by atoms with van der Waals surface area (Å²) in [6.07, 6.45) is 2.32. The number of hydrogen-bond acceptors (Lipinski definition) is 5. The number of nitrogens with zero attached hydrogens (tertiary/aromatic N) is 2. The van der Waals surface area contributed by atoms with Gasteiger partial charge >= 0.3 is 0 Å². The minimum absolute atomic E-state index is 0.00437. The fourth-order valence-corrected chi connectivity index (χ4v) is 1.48. The molecule has 1 heterocycles. The van der Waals surface area contributed by atoms with Gasteiger partial charge in [0.15, 0.2) is 5.82 Å². The summed E-state index contributed by atoms with van der Waals surface area (Å²) in [5.74, 6) is 1.50. The van der Waals surface area contributed by atoms with Gasteiger partial charge in [-0.3, -0.25) is 4.79 Å². The largest absolute Gasteiger partial charge is 0.347 e. The van der Waals surface area contributed by atoms with Gasteiger partial charge in [0.2, 0.25) is 11.8 Å². The normalized spacial score (nSPS) is 12.4. The van der Waals surface area contributed by atoms with Gasteiger partial charge in [0.05, 0.1) is 6.54 Å². The van der Waals surface area contributed by atoms with Crippen LogP contribution in [0.15, 0.2) is 4.52 Å². The number of amides is 1. The van der Waals surface area contributed by atoms with E-state index in [9.17, 15) is 4.79 Å². The van der Waals surface area contributed by atoms with Gasteiger partial charge in [-0.05, 0) is 32.2 Å². The van der Waals surface area contributed by atoms with E-state index in [4.69, 9.17) is 10.3 Å². The summed E-state index contributed by atoms with van der Waals surface area (Å²) < 4.78 is 4.89. The summed E-state index contributed by atoms with van der Waals surface area (Å²) in [7, 11) is 0. The summed E-state index contributed by atoms with van der Waals surface area (Å²) in [4.78, 5) is 15.5. The predicted octanol–water partition coefficient (Wildman–Crippen LogP) is 0.759. The third-order valence-corrected chi connectivity index (χ3v) is 2.53. The first-order chi connectivity index (χ1) is 8.11. The molecule has 1 unspecified atom stereocenters. The van der Waals surface area contributed by atoms with Crippen molar-refractivity contribution in [3.05, 3.63) is 11.7 Å². The van der Waals surface area contributed by atoms with Gasteiger partial charge in [0, 0.05) is 6.42 Å². The van der Waals surface area contributed by atoms with Crippen LogP contribution in [0.1, 0.15) is 37.9 Å². The molecule has 96 valence electrons. The smallest absolute Gasteiger partial charge is 0.246 e. The highest BCUT2D eigenvalue weighted by Gasteiger charge is 2.08. The Morgan fingerprint density at radius 3 is 2.88 bits per heavy atom. The molecular weight excluding hydrogens is 220 g/mol. The van der Waals surface area contributed by atoms with Crippen LogP contribution < -0.4 is 11.1 Å². The van der Waals surface area contributed by atoms with E-state index < -0.39 is 0 Å². The average molecular weight is 240 g/mol. The Bertz CT molecular complexity index is 351. The van der Waals surface area contributed by atoms with E-state index in [1.807, 2.05) is 0 Å². The Morgan fingerprint density at radius 2 is 2.29 bits per heavy atom. The van der Waals surface area contributed by atoms with Crippen LogP contribution in [0, 0.1) is 12.8 Å². The van der Waals surface area contributed by atoms with Gasteiger partial charge in [0.25, 0.3) is 0 Å². The van der Waals surface area contributed by atoms with E-state index in [0.717, 1.165) is 12.8 Å². The number of carbonyl (C=O) groups excluding carboxylic acids is 1. The van der Waals surface area contributed by atoms with Gasteiger partial charge in [-0.2, -0.15) is 4.98 Å². The first-order valence-corrected chi connectivity index (χ1v) is 5.87. The van der Waals surface area contributed by atoms with E-state index in [1.165, 1.54) is 0 Å². The number of aromatic nitrogens is 2. The van der Waals surface area contributed by atoms with Crippen molar-refractivity contribution < 1.29 is 9.32 Å². The molecular formula is C11H20N4O2. The highest BCUT2D eigenvalue weighted by Crippen LogP contribution is 2.08. The molecule has 0 aliphatic carbocycles. The summed E-state index contributed by atoms with van der Waals surface area (Å²) in [5.41, 5.74) is 5.44. The Labute approximate surface area is 101 Å². The Balaban J connectivity index is 2.17. The van der Waals surface area contributed by atoms with Gasteiger partial charge in [-0.15, -0.1) is 0 Å². The summed E-state index contributed by atoms with van der Waals surface area (Å²) >= 11 is 0. The van der Waals surface area contributed by atoms with Gasteiger partial charge < -0.3 is 15.6 Å². The number of nitrogens with one attached hydrogen (secondary N) is 1. The Morgan fingerprint density at radius 1 is 1.53 bits per heavy atom. The van der Waals surface area contributed by atoms with Crippen molar-refractivity contribution in [2.75, 3.05) is 6.54 Å². The first-order valence-electron chi connectivity index (χ1n) is 5.87. The minimum atomic E-state index is 0.00437. The quantitative estimate of drug-likeness (QED) is 0.733. The van der Waals surface area contributed by atoms with E-state index in [2.05, 4.69) is 22.4 Å². The van der Waals surface area contributed by atoms with Crippen molar-refractivity contribution in [2.24, 2.45) is 11.7 Å². The van der Waals surface area contributed by atoms with Gasteiger partial charge in [-0.25, -0.2) is 0 Å². The molecule has 0 saturated carbocycles. The fraction of sp³-hybridized carbons (Fsp3) is 0.727. The molecule has 0 bridgehead atoms. The summed E-state index contributed by atoms with van der Waals surface area (Å²) in [5, 5.41) is 6.39. The number of carbonyl (C=O) groups is 1. The van der Waals surface area contributed by atoms with Crippen LogP contribution in [0.4, 0.5) is 0 Å². The molecule has 0 aliphatic rings. The second-order valence-corrected chi connectivity index (χ2v) is 4.23. The average Bonchev–Trinajstić information content (AvgIpc) is 2.70. The Kier molecular flexibility index (Phi) is 5.62. The third kappa shape index (κ3) is 5.44. The monoisotopic (exact) mass is 240 g/mol. The minimum Gasteiger partial charge on any atom is -0.347 e. The molecule has 0 aliphatic heterocycles. The molecule has 0 aromatic carbocycles. The van der Waals surface area contributed by atoms with E-state index in [0.29, 0.717) is 37.1 Å². The van der Waals surface area contributed by atoms with Gasteiger partial charge in [0.1, 0.15) is 0 Å². The van der Waals surface area contributed by atoms with Crippen molar-refractivity contribution in [1.82, 2.24) is 15.5 Å². The molecule has 0 saturated heterocycles. The van der Waals surface area contributed by atoms with Crippen molar-refractivity contribution in [3.8, 4) is 0 Å². The van der Waals surface area contributed by atoms with E-state index >= 15 is 0 Å². The number of nitrogens with two attached hydrogens (primary N) is 1. The van der Waals surface area contributed by atoms with Crippen molar-refractivity contribution in [3.63, 3.8) is 0 Å². The van der Waals surface area contributed by atoms with Crippen LogP contribution in [0.25, 0.3) is 0 Å². The highest BCUT2D eigenvalue weighted by atomic mass is 16.5. The maximum absolute atomic E-state index is 11.5. The molecule has 6 nitrogen and oxygen atoms in total. The summed E-state index contributed by atoms with van der Waals surface area (Å²) in [6, 6.07) is 0. The zero-order valence-corrected chi connectivity index (χ0v) is 10.4. The van der Waals surface area contributed by atoms with Crippen molar-refractivity contribution >= 4 is 5.91 Å².